The lowest BCUT2D eigenvalue weighted by atomic mass is 10.0. The van der Waals surface area contributed by atoms with Crippen LogP contribution in [0, 0.1) is 12.8 Å². The lowest BCUT2D eigenvalue weighted by molar-refractivity contribution is -0.136. The van der Waals surface area contributed by atoms with Crippen molar-refractivity contribution in [2.24, 2.45) is 5.92 Å². The fourth-order valence-corrected chi connectivity index (χ4v) is 3.73. The van der Waals surface area contributed by atoms with E-state index in [-0.39, 0.29) is 17.8 Å². The van der Waals surface area contributed by atoms with E-state index in [0.717, 1.165) is 35.2 Å². The molecule has 2 heterocycles. The van der Waals surface area contributed by atoms with Crippen LogP contribution < -0.4 is 0 Å². The van der Waals surface area contributed by atoms with Crippen LogP contribution in [0.4, 0.5) is 0 Å². The zero-order valence-corrected chi connectivity index (χ0v) is 17.2. The van der Waals surface area contributed by atoms with E-state index in [1.54, 1.807) is 0 Å². The number of ether oxygens (including phenoxy) is 1. The normalized spacial score (nSPS) is 15.2. The largest absolute Gasteiger partial charge is 0.462 e. The van der Waals surface area contributed by atoms with E-state index in [2.05, 4.69) is 4.90 Å². The van der Waals surface area contributed by atoms with Gasteiger partial charge in [0.15, 0.2) is 0 Å². The molecule has 6 nitrogen and oxygen atoms in total. The molecule has 1 aromatic carbocycles. The molecule has 2 aromatic rings. The van der Waals surface area contributed by atoms with Gasteiger partial charge in [-0.15, -0.1) is 0 Å². The Hall–Kier alpha value is -2.47. The van der Waals surface area contributed by atoms with Crippen LogP contribution >= 0.6 is 0 Å². The molecule has 0 bridgehead atoms. The predicted molar refractivity (Wildman–Crippen MR) is 109 cm³/mol. The minimum absolute atomic E-state index is 0.0202. The molecule has 0 spiro atoms. The summed E-state index contributed by atoms with van der Waals surface area (Å²) >= 11 is 0. The Kier molecular flexibility index (Phi) is 6.29. The maximum atomic E-state index is 12.7. The summed E-state index contributed by atoms with van der Waals surface area (Å²) in [5, 5.41) is 0.974. The number of nitrogens with zero attached hydrogens (tertiary/aromatic N) is 3. The number of para-hydroxylation sites is 1. The lowest BCUT2D eigenvalue weighted by Crippen LogP contribution is -2.49. The highest BCUT2D eigenvalue weighted by atomic mass is 16.5. The van der Waals surface area contributed by atoms with Crippen molar-refractivity contribution in [3.8, 4) is 0 Å². The highest BCUT2D eigenvalue weighted by molar-refractivity contribution is 5.98. The van der Waals surface area contributed by atoms with E-state index in [1.807, 2.05) is 56.9 Å². The summed E-state index contributed by atoms with van der Waals surface area (Å²) in [7, 11) is 0. The van der Waals surface area contributed by atoms with Crippen LogP contribution in [0.5, 0.6) is 0 Å². The van der Waals surface area contributed by atoms with Crippen molar-refractivity contribution >= 4 is 22.8 Å². The average molecular weight is 383 g/mol. The SMILES string of the molecule is CCOC(=O)c1c(CN2CCN(C(=O)C(C)C)CC2)nc2ccccc2c1C. The Morgan fingerprint density at radius 3 is 2.46 bits per heavy atom. The molecule has 3 rings (SSSR count). The van der Waals surface area contributed by atoms with Crippen LogP contribution in [-0.2, 0) is 16.1 Å². The summed E-state index contributed by atoms with van der Waals surface area (Å²) in [6.07, 6.45) is 0. The Morgan fingerprint density at radius 2 is 1.82 bits per heavy atom. The molecular weight excluding hydrogens is 354 g/mol. The van der Waals surface area contributed by atoms with Crippen molar-refractivity contribution < 1.29 is 14.3 Å². The molecular formula is C22H29N3O3. The van der Waals surface area contributed by atoms with Crippen molar-refractivity contribution in [3.63, 3.8) is 0 Å². The standard InChI is InChI=1S/C22H29N3O3/c1-5-28-22(27)20-16(4)17-8-6-7-9-18(17)23-19(20)14-24-10-12-25(13-11-24)21(26)15(2)3/h6-9,15H,5,10-14H2,1-4H3. The van der Waals surface area contributed by atoms with Gasteiger partial charge < -0.3 is 9.64 Å². The van der Waals surface area contributed by atoms with Gasteiger partial charge in [0.2, 0.25) is 5.91 Å². The topological polar surface area (TPSA) is 62.7 Å². The van der Waals surface area contributed by atoms with Gasteiger partial charge in [-0.2, -0.15) is 0 Å². The first kappa shape index (κ1) is 20.3. The number of hydrogen-bond acceptors (Lipinski definition) is 5. The van der Waals surface area contributed by atoms with Crippen LogP contribution in [0.2, 0.25) is 0 Å². The maximum Gasteiger partial charge on any atom is 0.340 e. The fourth-order valence-electron chi connectivity index (χ4n) is 3.73. The van der Waals surface area contributed by atoms with E-state index in [9.17, 15) is 9.59 Å². The first-order chi connectivity index (χ1) is 13.4. The molecule has 0 aliphatic carbocycles. The van der Waals surface area contributed by atoms with E-state index < -0.39 is 0 Å². The second-order valence-corrected chi connectivity index (χ2v) is 7.55. The van der Waals surface area contributed by atoms with Gasteiger partial charge in [-0.1, -0.05) is 32.0 Å². The molecule has 1 fully saturated rings. The van der Waals surface area contributed by atoms with Gasteiger partial charge in [-0.3, -0.25) is 14.7 Å². The molecule has 150 valence electrons. The van der Waals surface area contributed by atoms with Crippen molar-refractivity contribution in [2.45, 2.75) is 34.2 Å². The van der Waals surface area contributed by atoms with Gasteiger partial charge >= 0.3 is 5.97 Å². The number of carbonyl (C=O) groups is 2. The van der Waals surface area contributed by atoms with Gasteiger partial charge in [-0.25, -0.2) is 4.79 Å². The van der Waals surface area contributed by atoms with Gasteiger partial charge in [0.25, 0.3) is 0 Å². The molecule has 1 amide bonds. The highest BCUT2D eigenvalue weighted by Crippen LogP contribution is 2.25. The Labute approximate surface area is 166 Å². The molecule has 1 aromatic heterocycles. The third kappa shape index (κ3) is 4.17. The first-order valence-electron chi connectivity index (χ1n) is 9.98. The number of amides is 1. The number of carbonyl (C=O) groups excluding carboxylic acids is 2. The van der Waals surface area contributed by atoms with Crippen LogP contribution in [0.1, 0.15) is 42.4 Å². The van der Waals surface area contributed by atoms with Crippen molar-refractivity contribution in [1.29, 1.82) is 0 Å². The van der Waals surface area contributed by atoms with E-state index in [0.29, 0.717) is 31.8 Å². The Morgan fingerprint density at radius 1 is 1.14 bits per heavy atom. The number of aryl methyl sites for hydroxylation is 1. The van der Waals surface area contributed by atoms with Crippen LogP contribution in [0.15, 0.2) is 24.3 Å². The molecule has 1 saturated heterocycles. The molecule has 0 atom stereocenters. The minimum atomic E-state index is -0.318. The average Bonchev–Trinajstić information content (AvgIpc) is 2.68. The number of esters is 1. The molecule has 0 unspecified atom stereocenters. The van der Waals surface area contributed by atoms with Gasteiger partial charge in [-0.05, 0) is 25.5 Å². The summed E-state index contributed by atoms with van der Waals surface area (Å²) in [5.74, 6) is -0.0971. The number of benzene rings is 1. The molecule has 28 heavy (non-hydrogen) atoms. The van der Waals surface area contributed by atoms with E-state index in [4.69, 9.17) is 9.72 Å². The second-order valence-electron chi connectivity index (χ2n) is 7.55. The molecule has 0 radical (unpaired) electrons. The fraction of sp³-hybridized carbons (Fsp3) is 0.500. The molecule has 6 heteroatoms. The van der Waals surface area contributed by atoms with E-state index >= 15 is 0 Å². The van der Waals surface area contributed by atoms with Crippen molar-refractivity contribution in [3.05, 3.63) is 41.1 Å². The first-order valence-corrected chi connectivity index (χ1v) is 9.98. The third-order valence-electron chi connectivity index (χ3n) is 5.26. The third-order valence-corrected chi connectivity index (χ3v) is 5.26. The second kappa shape index (κ2) is 8.69. The lowest BCUT2D eigenvalue weighted by Gasteiger charge is -2.35. The van der Waals surface area contributed by atoms with Gasteiger partial charge in [0, 0.05) is 44.0 Å². The highest BCUT2D eigenvalue weighted by Gasteiger charge is 2.26. The van der Waals surface area contributed by atoms with Crippen molar-refractivity contribution in [2.75, 3.05) is 32.8 Å². The predicted octanol–water partition coefficient (Wildman–Crippen LogP) is 3.02. The zero-order chi connectivity index (χ0) is 20.3. The molecule has 1 aliphatic rings. The number of hydrogen-bond donors (Lipinski definition) is 0. The van der Waals surface area contributed by atoms with Gasteiger partial charge in [0.05, 0.1) is 23.4 Å². The Balaban J connectivity index is 1.85. The number of fused-ring (bicyclic) bond motifs is 1. The van der Waals surface area contributed by atoms with Gasteiger partial charge in [0.1, 0.15) is 0 Å². The monoisotopic (exact) mass is 383 g/mol. The summed E-state index contributed by atoms with van der Waals surface area (Å²) < 4.78 is 5.31. The molecule has 1 aliphatic heterocycles. The zero-order valence-electron chi connectivity index (χ0n) is 17.2. The number of rotatable bonds is 5. The molecule has 0 saturated carbocycles. The van der Waals surface area contributed by atoms with Crippen LogP contribution in [0.3, 0.4) is 0 Å². The number of pyridine rings is 1. The summed E-state index contributed by atoms with van der Waals surface area (Å²) in [6, 6.07) is 7.87. The smallest absolute Gasteiger partial charge is 0.340 e. The maximum absolute atomic E-state index is 12.7. The quantitative estimate of drug-likeness (QED) is 0.743. The van der Waals surface area contributed by atoms with Crippen molar-refractivity contribution in [1.82, 2.24) is 14.8 Å². The molecule has 0 N–H and O–H groups in total. The van der Waals surface area contributed by atoms with E-state index in [1.165, 1.54) is 0 Å². The number of aromatic nitrogens is 1. The van der Waals surface area contributed by atoms with Crippen LogP contribution in [-0.4, -0.2) is 59.4 Å². The van der Waals surface area contributed by atoms with Crippen LogP contribution in [0.25, 0.3) is 10.9 Å². The summed E-state index contributed by atoms with van der Waals surface area (Å²) in [5.41, 5.74) is 3.11. The summed E-state index contributed by atoms with van der Waals surface area (Å²) in [4.78, 5) is 33.8. The number of piperazine rings is 1. The minimum Gasteiger partial charge on any atom is -0.462 e. The summed E-state index contributed by atoms with van der Waals surface area (Å²) in [6.45, 7) is 11.5. The Bertz CT molecular complexity index is 871.